The second kappa shape index (κ2) is 6.63. The maximum Gasteiger partial charge on any atom is 0.196 e. The number of ether oxygens (including phenoxy) is 2. The smallest absolute Gasteiger partial charge is 0.196 e. The Bertz CT molecular complexity index is 652. The van der Waals surface area contributed by atoms with Crippen LogP contribution in [0.1, 0.15) is 29.3 Å². The zero-order valence-corrected chi connectivity index (χ0v) is 13.0. The Labute approximate surface area is 128 Å². The van der Waals surface area contributed by atoms with Gasteiger partial charge in [-0.2, -0.15) is 5.10 Å². The van der Waals surface area contributed by atoms with Gasteiger partial charge in [0.25, 0.3) is 0 Å². The van der Waals surface area contributed by atoms with Crippen molar-refractivity contribution in [3.8, 4) is 11.5 Å². The summed E-state index contributed by atoms with van der Waals surface area (Å²) in [5.74, 6) is 0.687. The van der Waals surface area contributed by atoms with Crippen LogP contribution < -0.4 is 9.47 Å². The zero-order valence-electron chi connectivity index (χ0n) is 12.2. The van der Waals surface area contributed by atoms with Crippen LogP contribution in [0, 0.1) is 0 Å². The SMILES string of the molecule is CCCn1cc(C(=O)c2cc(Cl)c(OC)c(OC)c2)cn1. The molecular weight excluding hydrogens is 292 g/mol. The number of ketones is 1. The maximum absolute atomic E-state index is 12.5. The summed E-state index contributed by atoms with van der Waals surface area (Å²) in [5.41, 5.74) is 0.959. The van der Waals surface area contributed by atoms with E-state index in [1.165, 1.54) is 14.2 Å². The number of carbonyl (C=O) groups excluding carboxylic acids is 1. The third kappa shape index (κ3) is 3.19. The number of rotatable bonds is 6. The van der Waals surface area contributed by atoms with Crippen molar-refractivity contribution in [1.29, 1.82) is 0 Å². The number of benzene rings is 1. The number of aromatic nitrogens is 2. The number of nitrogens with zero attached hydrogens (tertiary/aromatic N) is 2. The molecule has 0 radical (unpaired) electrons. The van der Waals surface area contributed by atoms with Gasteiger partial charge in [-0.05, 0) is 18.6 Å². The van der Waals surface area contributed by atoms with E-state index >= 15 is 0 Å². The lowest BCUT2D eigenvalue weighted by molar-refractivity contribution is 0.103. The van der Waals surface area contributed by atoms with Crippen molar-refractivity contribution in [2.45, 2.75) is 19.9 Å². The van der Waals surface area contributed by atoms with Gasteiger partial charge < -0.3 is 9.47 Å². The second-order valence-electron chi connectivity index (χ2n) is 4.51. The van der Waals surface area contributed by atoms with E-state index in [0.717, 1.165) is 13.0 Å². The molecule has 5 nitrogen and oxygen atoms in total. The fourth-order valence-electron chi connectivity index (χ4n) is 2.05. The highest BCUT2D eigenvalue weighted by Gasteiger charge is 2.17. The van der Waals surface area contributed by atoms with E-state index in [0.29, 0.717) is 27.6 Å². The maximum atomic E-state index is 12.5. The molecule has 1 heterocycles. The van der Waals surface area contributed by atoms with Gasteiger partial charge in [-0.25, -0.2) is 0 Å². The highest BCUT2D eigenvalue weighted by atomic mass is 35.5. The third-order valence-electron chi connectivity index (χ3n) is 3.04. The van der Waals surface area contributed by atoms with Crippen LogP contribution >= 0.6 is 11.6 Å². The molecule has 1 aromatic carbocycles. The van der Waals surface area contributed by atoms with E-state index in [9.17, 15) is 4.79 Å². The van der Waals surface area contributed by atoms with Crippen LogP contribution in [0.15, 0.2) is 24.5 Å². The first kappa shape index (κ1) is 15.4. The third-order valence-corrected chi connectivity index (χ3v) is 3.32. The van der Waals surface area contributed by atoms with Gasteiger partial charge in [-0.15, -0.1) is 0 Å². The van der Waals surface area contributed by atoms with Gasteiger partial charge in [-0.1, -0.05) is 18.5 Å². The minimum absolute atomic E-state index is 0.153. The molecule has 0 saturated carbocycles. The number of aryl methyl sites for hydroxylation is 1. The Morgan fingerprint density at radius 1 is 1.29 bits per heavy atom. The summed E-state index contributed by atoms with van der Waals surface area (Å²) in [6.07, 6.45) is 4.25. The number of carbonyl (C=O) groups is 1. The van der Waals surface area contributed by atoms with Gasteiger partial charge in [0.15, 0.2) is 17.3 Å². The Morgan fingerprint density at radius 2 is 2.05 bits per heavy atom. The van der Waals surface area contributed by atoms with Crippen LogP contribution in [0.3, 0.4) is 0 Å². The molecule has 0 N–H and O–H groups in total. The quantitative estimate of drug-likeness (QED) is 0.769. The van der Waals surface area contributed by atoms with Crippen LogP contribution in [-0.2, 0) is 6.54 Å². The second-order valence-corrected chi connectivity index (χ2v) is 4.92. The standard InChI is InChI=1S/C15H17ClN2O3/c1-4-5-18-9-11(8-17-18)14(19)10-6-12(16)15(21-3)13(7-10)20-2/h6-9H,4-5H2,1-3H3. The molecule has 1 aromatic heterocycles. The van der Waals surface area contributed by atoms with Crippen LogP contribution in [0.4, 0.5) is 0 Å². The van der Waals surface area contributed by atoms with Gasteiger partial charge >= 0.3 is 0 Å². The van der Waals surface area contributed by atoms with Gasteiger partial charge in [0.1, 0.15) is 0 Å². The number of hydrogen-bond donors (Lipinski definition) is 0. The highest BCUT2D eigenvalue weighted by Crippen LogP contribution is 2.36. The number of methoxy groups -OCH3 is 2. The molecule has 0 unspecified atom stereocenters. The van der Waals surface area contributed by atoms with Gasteiger partial charge in [0.2, 0.25) is 0 Å². The summed E-state index contributed by atoms with van der Waals surface area (Å²) in [7, 11) is 3.00. The van der Waals surface area contributed by atoms with E-state index in [1.54, 1.807) is 29.2 Å². The molecule has 0 atom stereocenters. The zero-order chi connectivity index (χ0) is 15.4. The van der Waals surface area contributed by atoms with Crippen LogP contribution in [0.25, 0.3) is 0 Å². The van der Waals surface area contributed by atoms with Crippen LogP contribution in [-0.4, -0.2) is 29.8 Å². The Kier molecular flexibility index (Phi) is 4.85. The summed E-state index contributed by atoms with van der Waals surface area (Å²) >= 11 is 6.12. The van der Waals surface area contributed by atoms with Crippen molar-refractivity contribution in [2.75, 3.05) is 14.2 Å². The molecular formula is C15H17ClN2O3. The predicted octanol–water partition coefficient (Wildman–Crippen LogP) is 3.19. The fraction of sp³-hybridized carbons (Fsp3) is 0.333. The van der Waals surface area contributed by atoms with E-state index in [4.69, 9.17) is 21.1 Å². The van der Waals surface area contributed by atoms with E-state index in [-0.39, 0.29) is 5.78 Å². The summed E-state index contributed by atoms with van der Waals surface area (Å²) < 4.78 is 12.1. The molecule has 0 fully saturated rings. The van der Waals surface area contributed by atoms with Crippen molar-refractivity contribution in [3.63, 3.8) is 0 Å². The molecule has 6 heteroatoms. The Hall–Kier alpha value is -2.01. The van der Waals surface area contributed by atoms with Crippen molar-refractivity contribution in [3.05, 3.63) is 40.7 Å². The first-order valence-electron chi connectivity index (χ1n) is 6.59. The van der Waals surface area contributed by atoms with E-state index in [1.807, 2.05) is 0 Å². The fourth-order valence-corrected chi connectivity index (χ4v) is 2.34. The molecule has 0 saturated heterocycles. The molecule has 2 rings (SSSR count). The molecule has 0 amide bonds. The summed E-state index contributed by atoms with van der Waals surface area (Å²) in [4.78, 5) is 12.5. The lowest BCUT2D eigenvalue weighted by Gasteiger charge is -2.10. The first-order valence-corrected chi connectivity index (χ1v) is 6.97. The highest BCUT2D eigenvalue weighted by molar-refractivity contribution is 6.33. The largest absolute Gasteiger partial charge is 0.493 e. The van der Waals surface area contributed by atoms with Crippen molar-refractivity contribution in [1.82, 2.24) is 9.78 Å². The Morgan fingerprint density at radius 3 is 2.67 bits per heavy atom. The lowest BCUT2D eigenvalue weighted by Crippen LogP contribution is -2.02. The molecule has 0 aliphatic heterocycles. The molecule has 0 bridgehead atoms. The van der Waals surface area contributed by atoms with Crippen LogP contribution in [0.2, 0.25) is 5.02 Å². The first-order chi connectivity index (χ1) is 10.1. The van der Waals surface area contributed by atoms with Crippen molar-refractivity contribution >= 4 is 17.4 Å². The van der Waals surface area contributed by atoms with Gasteiger partial charge in [-0.3, -0.25) is 9.48 Å². The molecule has 2 aromatic rings. The molecule has 21 heavy (non-hydrogen) atoms. The average Bonchev–Trinajstić information content (AvgIpc) is 2.94. The van der Waals surface area contributed by atoms with Crippen molar-refractivity contribution in [2.24, 2.45) is 0 Å². The minimum atomic E-state index is -0.153. The normalized spacial score (nSPS) is 10.5. The molecule has 112 valence electrons. The van der Waals surface area contributed by atoms with Crippen LogP contribution in [0.5, 0.6) is 11.5 Å². The Balaban J connectivity index is 2.36. The number of halogens is 1. The van der Waals surface area contributed by atoms with E-state index < -0.39 is 0 Å². The summed E-state index contributed by atoms with van der Waals surface area (Å²) in [5, 5.41) is 4.49. The van der Waals surface area contributed by atoms with Gasteiger partial charge in [0.05, 0.1) is 31.0 Å². The minimum Gasteiger partial charge on any atom is -0.493 e. The molecule has 0 aliphatic carbocycles. The van der Waals surface area contributed by atoms with Crippen molar-refractivity contribution < 1.29 is 14.3 Å². The summed E-state index contributed by atoms with van der Waals surface area (Å²) in [6, 6.07) is 3.19. The van der Waals surface area contributed by atoms with Gasteiger partial charge in [0, 0.05) is 18.3 Å². The average molecular weight is 309 g/mol. The molecule has 0 aliphatic rings. The monoisotopic (exact) mass is 308 g/mol. The predicted molar refractivity (Wildman–Crippen MR) is 80.5 cm³/mol. The summed E-state index contributed by atoms with van der Waals surface area (Å²) in [6.45, 7) is 2.83. The lowest BCUT2D eigenvalue weighted by atomic mass is 10.1. The van der Waals surface area contributed by atoms with E-state index in [2.05, 4.69) is 12.0 Å². The topological polar surface area (TPSA) is 53.4 Å². The number of hydrogen-bond acceptors (Lipinski definition) is 4. The molecule has 0 spiro atoms.